The van der Waals surface area contributed by atoms with Crippen LogP contribution in [-0.4, -0.2) is 36.6 Å². The van der Waals surface area contributed by atoms with Crippen molar-refractivity contribution in [2.24, 2.45) is 0 Å². The Hall–Kier alpha value is -1.62. The normalized spacial score (nSPS) is 11.3. The molecule has 0 bridgehead atoms. The van der Waals surface area contributed by atoms with Gasteiger partial charge in [-0.05, 0) is 33.3 Å². The molecule has 1 aromatic rings. The molecule has 0 saturated heterocycles. The van der Waals surface area contributed by atoms with Gasteiger partial charge >= 0.3 is 0 Å². The fraction of sp³-hybridized carbons (Fsp3) is 0.625. The number of hydrogen-bond donors (Lipinski definition) is 2. The van der Waals surface area contributed by atoms with Gasteiger partial charge in [0.1, 0.15) is 5.82 Å². The second-order valence-electron chi connectivity index (χ2n) is 6.18. The molecule has 0 radical (unpaired) electrons. The molecule has 21 heavy (non-hydrogen) atoms. The minimum Gasteiger partial charge on any atom is -0.358 e. The standard InChI is InChI=1S/C16H28N4O/c1-6-10-20(12-14(21)17-5)15-13(8-7-9-18-15)11-19-16(2,3)4/h7-9,19H,6,10-12H2,1-5H3,(H,17,21). The van der Waals surface area contributed by atoms with Crippen molar-refractivity contribution in [3.05, 3.63) is 23.9 Å². The molecule has 0 aromatic carbocycles. The number of likely N-dealkylation sites (N-methyl/N-ethyl adjacent to an activating group) is 1. The molecule has 0 fully saturated rings. The number of pyridine rings is 1. The van der Waals surface area contributed by atoms with Crippen molar-refractivity contribution in [1.82, 2.24) is 15.6 Å². The molecule has 1 heterocycles. The molecule has 118 valence electrons. The van der Waals surface area contributed by atoms with Gasteiger partial charge in [0.15, 0.2) is 0 Å². The predicted molar refractivity (Wildman–Crippen MR) is 87.4 cm³/mol. The number of carbonyl (C=O) groups is 1. The topological polar surface area (TPSA) is 57.3 Å². The number of amides is 1. The van der Waals surface area contributed by atoms with Crippen LogP contribution in [0.2, 0.25) is 0 Å². The summed E-state index contributed by atoms with van der Waals surface area (Å²) in [7, 11) is 1.66. The van der Waals surface area contributed by atoms with Crippen molar-refractivity contribution in [1.29, 1.82) is 0 Å². The lowest BCUT2D eigenvalue weighted by Gasteiger charge is -2.26. The Bertz CT molecular complexity index is 454. The van der Waals surface area contributed by atoms with Crippen LogP contribution in [0.15, 0.2) is 18.3 Å². The van der Waals surface area contributed by atoms with Crippen LogP contribution in [0.3, 0.4) is 0 Å². The molecular weight excluding hydrogens is 264 g/mol. The van der Waals surface area contributed by atoms with Gasteiger partial charge in [-0.25, -0.2) is 4.98 Å². The average molecular weight is 292 g/mol. The summed E-state index contributed by atoms with van der Waals surface area (Å²) in [6.45, 7) is 10.4. The van der Waals surface area contributed by atoms with Gasteiger partial charge in [0.25, 0.3) is 0 Å². The Kier molecular flexibility index (Phi) is 6.62. The van der Waals surface area contributed by atoms with Gasteiger partial charge < -0.3 is 15.5 Å². The highest BCUT2D eigenvalue weighted by Crippen LogP contribution is 2.18. The van der Waals surface area contributed by atoms with Crippen molar-refractivity contribution >= 4 is 11.7 Å². The number of nitrogens with zero attached hydrogens (tertiary/aromatic N) is 2. The average Bonchev–Trinajstić information content (AvgIpc) is 2.44. The number of anilines is 1. The molecule has 1 rings (SSSR count). The van der Waals surface area contributed by atoms with Gasteiger partial charge in [0.2, 0.25) is 5.91 Å². The van der Waals surface area contributed by atoms with Crippen LogP contribution in [0.5, 0.6) is 0 Å². The van der Waals surface area contributed by atoms with Gasteiger partial charge in [0.05, 0.1) is 6.54 Å². The third kappa shape index (κ3) is 6.12. The molecule has 2 N–H and O–H groups in total. The van der Waals surface area contributed by atoms with Crippen LogP contribution in [0.25, 0.3) is 0 Å². The fourth-order valence-corrected chi connectivity index (χ4v) is 2.00. The second-order valence-corrected chi connectivity index (χ2v) is 6.18. The summed E-state index contributed by atoms with van der Waals surface area (Å²) in [5.41, 5.74) is 1.16. The molecule has 5 heteroatoms. The zero-order valence-electron chi connectivity index (χ0n) is 13.9. The second kappa shape index (κ2) is 7.98. The van der Waals surface area contributed by atoms with E-state index in [9.17, 15) is 4.79 Å². The van der Waals surface area contributed by atoms with Crippen LogP contribution < -0.4 is 15.5 Å². The fourth-order valence-electron chi connectivity index (χ4n) is 2.00. The van der Waals surface area contributed by atoms with Crippen molar-refractivity contribution in [2.75, 3.05) is 25.0 Å². The molecule has 0 saturated carbocycles. The summed E-state index contributed by atoms with van der Waals surface area (Å²) < 4.78 is 0. The minimum absolute atomic E-state index is 0.00355. The van der Waals surface area contributed by atoms with Gasteiger partial charge in [-0.2, -0.15) is 0 Å². The summed E-state index contributed by atoms with van der Waals surface area (Å²) in [6, 6.07) is 4.00. The molecule has 0 aliphatic heterocycles. The van der Waals surface area contributed by atoms with E-state index < -0.39 is 0 Å². The van der Waals surface area contributed by atoms with E-state index in [0.29, 0.717) is 6.54 Å². The highest BCUT2D eigenvalue weighted by atomic mass is 16.1. The van der Waals surface area contributed by atoms with E-state index in [1.54, 1.807) is 13.2 Å². The van der Waals surface area contributed by atoms with Gasteiger partial charge in [-0.3, -0.25) is 4.79 Å². The first kappa shape index (κ1) is 17.4. The molecule has 5 nitrogen and oxygen atoms in total. The van der Waals surface area contributed by atoms with Crippen molar-refractivity contribution in [3.63, 3.8) is 0 Å². The maximum Gasteiger partial charge on any atom is 0.239 e. The van der Waals surface area contributed by atoms with E-state index in [1.807, 2.05) is 11.0 Å². The Balaban J connectivity index is 2.93. The molecule has 1 amide bonds. The molecule has 0 aliphatic carbocycles. The zero-order valence-corrected chi connectivity index (χ0v) is 13.9. The van der Waals surface area contributed by atoms with Gasteiger partial charge in [0, 0.05) is 37.4 Å². The summed E-state index contributed by atoms with van der Waals surface area (Å²) in [5, 5.41) is 6.15. The van der Waals surface area contributed by atoms with Crippen LogP contribution in [0, 0.1) is 0 Å². The van der Waals surface area contributed by atoms with Gasteiger partial charge in [-0.15, -0.1) is 0 Å². The Morgan fingerprint density at radius 1 is 1.38 bits per heavy atom. The molecule has 0 unspecified atom stereocenters. The number of aromatic nitrogens is 1. The van der Waals surface area contributed by atoms with E-state index >= 15 is 0 Å². The highest BCUT2D eigenvalue weighted by molar-refractivity contribution is 5.80. The molecule has 0 aliphatic rings. The monoisotopic (exact) mass is 292 g/mol. The molecule has 0 spiro atoms. The van der Waals surface area contributed by atoms with Crippen LogP contribution in [0.1, 0.15) is 39.7 Å². The number of rotatable bonds is 7. The van der Waals surface area contributed by atoms with E-state index in [2.05, 4.69) is 49.4 Å². The van der Waals surface area contributed by atoms with Crippen LogP contribution in [0.4, 0.5) is 5.82 Å². The van der Waals surface area contributed by atoms with Crippen molar-refractivity contribution in [3.8, 4) is 0 Å². The van der Waals surface area contributed by atoms with Crippen LogP contribution in [-0.2, 0) is 11.3 Å². The first-order valence-corrected chi connectivity index (χ1v) is 7.52. The lowest BCUT2D eigenvalue weighted by Crippen LogP contribution is -2.39. The van der Waals surface area contributed by atoms with E-state index in [0.717, 1.165) is 30.9 Å². The lowest BCUT2D eigenvalue weighted by molar-refractivity contribution is -0.119. The first-order valence-electron chi connectivity index (χ1n) is 7.52. The number of hydrogen-bond acceptors (Lipinski definition) is 4. The maximum atomic E-state index is 11.7. The molecule has 0 atom stereocenters. The predicted octanol–water partition coefficient (Wildman–Crippen LogP) is 1.93. The Labute approximate surface area is 128 Å². The Morgan fingerprint density at radius 3 is 2.67 bits per heavy atom. The summed E-state index contributed by atoms with van der Waals surface area (Å²) in [4.78, 5) is 18.2. The van der Waals surface area contributed by atoms with E-state index in [4.69, 9.17) is 0 Å². The quantitative estimate of drug-likeness (QED) is 0.806. The third-order valence-electron chi connectivity index (χ3n) is 3.08. The van der Waals surface area contributed by atoms with Crippen LogP contribution >= 0.6 is 0 Å². The minimum atomic E-state index is 0.00355. The van der Waals surface area contributed by atoms with Crippen molar-refractivity contribution < 1.29 is 4.79 Å². The number of nitrogens with one attached hydrogen (secondary N) is 2. The molecule has 1 aromatic heterocycles. The Morgan fingerprint density at radius 2 is 2.10 bits per heavy atom. The SMILES string of the molecule is CCCN(CC(=O)NC)c1ncccc1CNC(C)(C)C. The first-order chi connectivity index (χ1) is 9.87. The lowest BCUT2D eigenvalue weighted by atomic mass is 10.1. The summed E-state index contributed by atoms with van der Waals surface area (Å²) >= 11 is 0. The number of carbonyl (C=O) groups excluding carboxylic acids is 1. The van der Waals surface area contributed by atoms with E-state index in [1.165, 1.54) is 0 Å². The van der Waals surface area contributed by atoms with Gasteiger partial charge in [-0.1, -0.05) is 13.0 Å². The molecular formula is C16H28N4O. The maximum absolute atomic E-state index is 11.7. The largest absolute Gasteiger partial charge is 0.358 e. The summed E-state index contributed by atoms with van der Waals surface area (Å²) in [6.07, 6.45) is 2.75. The van der Waals surface area contributed by atoms with Crippen molar-refractivity contribution in [2.45, 2.75) is 46.2 Å². The summed E-state index contributed by atoms with van der Waals surface area (Å²) in [5.74, 6) is 0.892. The smallest absolute Gasteiger partial charge is 0.239 e. The zero-order chi connectivity index (χ0) is 15.9. The third-order valence-corrected chi connectivity index (χ3v) is 3.08. The highest BCUT2D eigenvalue weighted by Gasteiger charge is 2.16. The van der Waals surface area contributed by atoms with E-state index in [-0.39, 0.29) is 11.4 Å².